The van der Waals surface area contributed by atoms with Crippen LogP contribution in [-0.2, 0) is 19.3 Å². The van der Waals surface area contributed by atoms with Crippen molar-refractivity contribution in [3.05, 3.63) is 76.6 Å². The van der Waals surface area contributed by atoms with Gasteiger partial charge in [-0.3, -0.25) is 0 Å². The Morgan fingerprint density at radius 3 is 2.60 bits per heavy atom. The molecule has 0 aromatic heterocycles. The third-order valence-electron chi connectivity index (χ3n) is 5.95. The fourth-order valence-corrected chi connectivity index (χ4v) is 4.40. The van der Waals surface area contributed by atoms with Crippen LogP contribution in [0.2, 0.25) is 0 Å². The van der Waals surface area contributed by atoms with Gasteiger partial charge in [-0.2, -0.15) is 0 Å². The topological polar surface area (TPSA) is 9.23 Å². The Bertz CT molecular complexity index is 1050. The van der Waals surface area contributed by atoms with E-state index in [4.69, 9.17) is 0 Å². The third kappa shape index (κ3) is 4.45. The Labute approximate surface area is 173 Å². The van der Waals surface area contributed by atoms with E-state index < -0.39 is 6.36 Å². The molecule has 1 aliphatic carbocycles. The number of alkyl halides is 3. The van der Waals surface area contributed by atoms with Crippen LogP contribution < -0.4 is 4.74 Å². The Morgan fingerprint density at radius 1 is 1.00 bits per heavy atom. The molecule has 0 aliphatic heterocycles. The molecular weight excluding hydrogens is 392 g/mol. The minimum Gasteiger partial charge on any atom is -0.406 e. The Balaban J connectivity index is 1.57. The van der Waals surface area contributed by atoms with Gasteiger partial charge in [-0.05, 0) is 77.8 Å². The van der Waals surface area contributed by atoms with Gasteiger partial charge >= 0.3 is 6.36 Å². The highest BCUT2D eigenvalue weighted by Crippen LogP contribution is 2.37. The zero-order valence-electron chi connectivity index (χ0n) is 16.9. The predicted octanol–water partition coefficient (Wildman–Crippen LogP) is 7.49. The first-order chi connectivity index (χ1) is 14.3. The first-order valence-corrected chi connectivity index (χ1v) is 10.4. The van der Waals surface area contributed by atoms with Crippen LogP contribution in [0.3, 0.4) is 0 Å². The van der Waals surface area contributed by atoms with Crippen LogP contribution in [-0.4, -0.2) is 6.36 Å². The monoisotopic (exact) mass is 416 g/mol. The Kier molecular flexibility index (Phi) is 5.72. The summed E-state index contributed by atoms with van der Waals surface area (Å²) in [4.78, 5) is 0. The summed E-state index contributed by atoms with van der Waals surface area (Å²) >= 11 is 0. The maximum atomic E-state index is 15.3. The van der Waals surface area contributed by atoms with Gasteiger partial charge < -0.3 is 4.74 Å². The van der Waals surface area contributed by atoms with E-state index >= 15 is 4.39 Å². The minimum atomic E-state index is -4.70. The van der Waals surface area contributed by atoms with E-state index in [1.54, 1.807) is 6.07 Å². The maximum absolute atomic E-state index is 15.3. The average molecular weight is 416 g/mol. The van der Waals surface area contributed by atoms with Gasteiger partial charge in [-0.25, -0.2) is 4.39 Å². The second kappa shape index (κ2) is 8.29. The van der Waals surface area contributed by atoms with Crippen LogP contribution in [0.1, 0.15) is 54.4 Å². The molecule has 0 spiro atoms. The molecule has 0 radical (unpaired) electrons. The Morgan fingerprint density at radius 2 is 1.83 bits per heavy atom. The molecule has 1 nitrogen and oxygen atoms in total. The highest BCUT2D eigenvalue weighted by molar-refractivity contribution is 5.84. The first kappa shape index (κ1) is 20.7. The molecule has 3 aromatic rings. The van der Waals surface area contributed by atoms with Crippen molar-refractivity contribution in [3.63, 3.8) is 0 Å². The number of rotatable bonds is 5. The van der Waals surface area contributed by atoms with E-state index in [1.165, 1.54) is 17.7 Å². The van der Waals surface area contributed by atoms with Crippen molar-refractivity contribution in [1.82, 2.24) is 0 Å². The summed E-state index contributed by atoms with van der Waals surface area (Å²) in [6, 6.07) is 14.3. The molecular formula is C25H24F4O. The molecule has 0 saturated heterocycles. The van der Waals surface area contributed by atoms with Crippen LogP contribution in [0, 0.1) is 5.82 Å². The molecule has 0 bridgehead atoms. The second-order valence-electron chi connectivity index (χ2n) is 8.05. The summed E-state index contributed by atoms with van der Waals surface area (Å²) in [7, 11) is 0. The molecule has 3 aromatic carbocycles. The van der Waals surface area contributed by atoms with Crippen molar-refractivity contribution in [3.8, 4) is 5.75 Å². The number of fused-ring (bicyclic) bond motifs is 2. The molecule has 5 heteroatoms. The fourth-order valence-electron chi connectivity index (χ4n) is 4.40. The van der Waals surface area contributed by atoms with Crippen molar-refractivity contribution in [2.24, 2.45) is 0 Å². The lowest BCUT2D eigenvalue weighted by Gasteiger charge is -2.26. The van der Waals surface area contributed by atoms with Gasteiger partial charge in [0.25, 0.3) is 0 Å². The van der Waals surface area contributed by atoms with Gasteiger partial charge in [-0.1, -0.05) is 49.7 Å². The molecule has 1 atom stereocenters. The number of ether oxygens (including phenoxy) is 1. The predicted molar refractivity (Wildman–Crippen MR) is 110 cm³/mol. The molecule has 1 aliphatic rings. The average Bonchev–Trinajstić information content (AvgIpc) is 2.71. The fraction of sp³-hybridized carbons (Fsp3) is 0.360. The lowest BCUT2D eigenvalue weighted by Crippen LogP contribution is -2.18. The van der Waals surface area contributed by atoms with Crippen molar-refractivity contribution in [1.29, 1.82) is 0 Å². The summed E-state index contributed by atoms with van der Waals surface area (Å²) < 4.78 is 56.7. The summed E-state index contributed by atoms with van der Waals surface area (Å²) in [6.07, 6.45) is 0.438. The van der Waals surface area contributed by atoms with Crippen molar-refractivity contribution in [2.45, 2.75) is 57.7 Å². The smallest absolute Gasteiger partial charge is 0.406 e. The minimum absolute atomic E-state index is 0.0102. The lowest BCUT2D eigenvalue weighted by atomic mass is 9.79. The van der Waals surface area contributed by atoms with Crippen LogP contribution in [0.4, 0.5) is 17.6 Å². The molecule has 30 heavy (non-hydrogen) atoms. The van der Waals surface area contributed by atoms with Crippen molar-refractivity contribution < 1.29 is 22.3 Å². The quantitative estimate of drug-likeness (QED) is 0.392. The highest BCUT2D eigenvalue weighted by atomic mass is 19.4. The Hall–Kier alpha value is -2.56. The van der Waals surface area contributed by atoms with Crippen molar-refractivity contribution in [2.75, 3.05) is 0 Å². The molecule has 158 valence electrons. The number of hydrogen-bond acceptors (Lipinski definition) is 1. The molecule has 0 heterocycles. The largest absolute Gasteiger partial charge is 0.573 e. The van der Waals surface area contributed by atoms with E-state index in [9.17, 15) is 13.2 Å². The summed E-state index contributed by atoms with van der Waals surface area (Å²) in [5.74, 6) is -0.369. The van der Waals surface area contributed by atoms with Gasteiger partial charge in [0.2, 0.25) is 0 Å². The van der Waals surface area contributed by atoms with Crippen LogP contribution in [0.15, 0.2) is 48.5 Å². The normalized spacial score (nSPS) is 16.5. The molecule has 0 amide bonds. The van der Waals surface area contributed by atoms with Gasteiger partial charge in [0, 0.05) is 5.39 Å². The highest BCUT2D eigenvalue weighted by Gasteiger charge is 2.32. The number of halogens is 4. The molecule has 0 saturated carbocycles. The lowest BCUT2D eigenvalue weighted by molar-refractivity contribution is -0.274. The van der Waals surface area contributed by atoms with Crippen LogP contribution in [0.25, 0.3) is 10.8 Å². The van der Waals surface area contributed by atoms with E-state index in [2.05, 4.69) is 17.7 Å². The molecule has 0 N–H and O–H groups in total. The van der Waals surface area contributed by atoms with Gasteiger partial charge in [0.1, 0.15) is 11.6 Å². The van der Waals surface area contributed by atoms with Crippen LogP contribution >= 0.6 is 0 Å². The van der Waals surface area contributed by atoms with Gasteiger partial charge in [-0.15, -0.1) is 13.2 Å². The van der Waals surface area contributed by atoms with E-state index in [1.807, 2.05) is 24.3 Å². The summed E-state index contributed by atoms with van der Waals surface area (Å²) in [5.41, 5.74) is 3.70. The maximum Gasteiger partial charge on any atom is 0.573 e. The van der Waals surface area contributed by atoms with Gasteiger partial charge in [0.05, 0.1) is 0 Å². The van der Waals surface area contributed by atoms with Gasteiger partial charge in [0.15, 0.2) is 0 Å². The summed E-state index contributed by atoms with van der Waals surface area (Å²) in [6.45, 7) is 2.15. The zero-order chi connectivity index (χ0) is 21.3. The molecule has 0 fully saturated rings. The number of unbranched alkanes of at least 4 members (excludes halogenated alkanes) is 1. The second-order valence-corrected chi connectivity index (χ2v) is 8.05. The SMILES string of the molecule is CCCCc1ccc2c(F)c(C3CCc4cc(OC(F)(F)F)ccc4C3)ccc2c1. The number of aryl methyl sites for hydroxylation is 2. The first-order valence-electron chi connectivity index (χ1n) is 10.4. The summed E-state index contributed by atoms with van der Waals surface area (Å²) in [5, 5.41) is 1.54. The van der Waals surface area contributed by atoms with Crippen molar-refractivity contribution >= 4 is 10.8 Å². The zero-order valence-corrected chi connectivity index (χ0v) is 16.9. The molecule has 4 rings (SSSR count). The standard InChI is InChI=1S/C25H24F4O/c1-2-3-4-16-5-11-22-19(13-16)9-12-23(24(22)26)20-7-6-18-15-21(30-25(27,28)29)10-8-17(18)14-20/h5,8-13,15,20H,2-4,6-7,14H2,1H3. The van der Waals surface area contributed by atoms with E-state index in [-0.39, 0.29) is 17.5 Å². The number of benzene rings is 3. The van der Waals surface area contributed by atoms with E-state index in [0.717, 1.165) is 35.8 Å². The number of hydrogen-bond donors (Lipinski definition) is 0. The third-order valence-corrected chi connectivity index (χ3v) is 5.95. The molecule has 1 unspecified atom stereocenters. The van der Waals surface area contributed by atoms with Crippen LogP contribution in [0.5, 0.6) is 5.75 Å². The van der Waals surface area contributed by atoms with E-state index in [0.29, 0.717) is 30.2 Å².